The maximum Gasteiger partial charge on any atom is 0.0615 e. The standard InChI is InChI=1S/C12H26N2O2/c1-15-10-12(3-2-6-13)14-7-4-11-5-8-16-9-11/h11-12,14H,2-10,13H2,1H3. The molecule has 2 unspecified atom stereocenters. The van der Waals surface area contributed by atoms with Gasteiger partial charge < -0.3 is 20.5 Å². The molecule has 0 bridgehead atoms. The van der Waals surface area contributed by atoms with Crippen molar-refractivity contribution in [3.63, 3.8) is 0 Å². The fourth-order valence-corrected chi connectivity index (χ4v) is 2.11. The number of nitrogens with two attached hydrogens (primary N) is 1. The van der Waals surface area contributed by atoms with Gasteiger partial charge in [-0.2, -0.15) is 0 Å². The third kappa shape index (κ3) is 5.80. The molecule has 1 fully saturated rings. The molecular formula is C12H26N2O2. The van der Waals surface area contributed by atoms with E-state index in [-0.39, 0.29) is 0 Å². The Bertz CT molecular complexity index is 161. The van der Waals surface area contributed by atoms with Crippen molar-refractivity contribution >= 4 is 0 Å². The van der Waals surface area contributed by atoms with Gasteiger partial charge in [-0.3, -0.25) is 0 Å². The first kappa shape index (κ1) is 13.9. The molecule has 1 saturated heterocycles. The quantitative estimate of drug-likeness (QED) is 0.614. The highest BCUT2D eigenvalue weighted by atomic mass is 16.5. The summed E-state index contributed by atoms with van der Waals surface area (Å²) in [4.78, 5) is 0. The van der Waals surface area contributed by atoms with Crippen molar-refractivity contribution in [2.75, 3.05) is 40.0 Å². The molecule has 0 radical (unpaired) electrons. The van der Waals surface area contributed by atoms with E-state index in [1.165, 1.54) is 12.8 Å². The molecule has 4 nitrogen and oxygen atoms in total. The van der Waals surface area contributed by atoms with Gasteiger partial charge in [0.1, 0.15) is 0 Å². The normalized spacial score (nSPS) is 22.5. The van der Waals surface area contributed by atoms with E-state index in [1.54, 1.807) is 7.11 Å². The van der Waals surface area contributed by atoms with E-state index < -0.39 is 0 Å². The van der Waals surface area contributed by atoms with Crippen LogP contribution >= 0.6 is 0 Å². The van der Waals surface area contributed by atoms with Crippen molar-refractivity contribution in [1.82, 2.24) is 5.32 Å². The topological polar surface area (TPSA) is 56.5 Å². The number of hydrogen-bond acceptors (Lipinski definition) is 4. The van der Waals surface area contributed by atoms with Crippen LogP contribution in [0.3, 0.4) is 0 Å². The summed E-state index contributed by atoms with van der Waals surface area (Å²) in [6.07, 6.45) is 4.60. The second-order valence-electron chi connectivity index (χ2n) is 4.56. The van der Waals surface area contributed by atoms with E-state index in [4.69, 9.17) is 15.2 Å². The number of methoxy groups -OCH3 is 1. The molecule has 4 heteroatoms. The molecule has 0 aromatic rings. The van der Waals surface area contributed by atoms with E-state index >= 15 is 0 Å². The molecule has 0 aromatic heterocycles. The summed E-state index contributed by atoms with van der Waals surface area (Å²) in [5.41, 5.74) is 5.52. The molecule has 1 aliphatic rings. The van der Waals surface area contributed by atoms with E-state index in [2.05, 4.69) is 5.32 Å². The summed E-state index contributed by atoms with van der Waals surface area (Å²) in [5, 5.41) is 3.55. The largest absolute Gasteiger partial charge is 0.383 e. The Morgan fingerprint density at radius 3 is 3.06 bits per heavy atom. The molecule has 3 N–H and O–H groups in total. The van der Waals surface area contributed by atoms with Crippen molar-refractivity contribution in [3.8, 4) is 0 Å². The Balaban J connectivity index is 2.05. The van der Waals surface area contributed by atoms with Crippen LogP contribution < -0.4 is 11.1 Å². The van der Waals surface area contributed by atoms with E-state index in [9.17, 15) is 0 Å². The number of nitrogens with one attached hydrogen (secondary N) is 1. The summed E-state index contributed by atoms with van der Waals surface area (Å²) in [7, 11) is 1.75. The average Bonchev–Trinajstić information content (AvgIpc) is 2.79. The van der Waals surface area contributed by atoms with Gasteiger partial charge in [0.25, 0.3) is 0 Å². The van der Waals surface area contributed by atoms with Gasteiger partial charge in [0.2, 0.25) is 0 Å². The van der Waals surface area contributed by atoms with E-state index in [0.717, 1.165) is 51.7 Å². The third-order valence-electron chi connectivity index (χ3n) is 3.13. The predicted molar refractivity (Wildman–Crippen MR) is 65.5 cm³/mol. The maximum atomic E-state index is 5.52. The Morgan fingerprint density at radius 1 is 1.56 bits per heavy atom. The summed E-state index contributed by atoms with van der Waals surface area (Å²) < 4.78 is 10.6. The predicted octanol–water partition coefficient (Wildman–Crippen LogP) is 0.757. The first-order chi connectivity index (χ1) is 7.86. The molecule has 0 aliphatic carbocycles. The van der Waals surface area contributed by atoms with Gasteiger partial charge in [0, 0.05) is 26.4 Å². The third-order valence-corrected chi connectivity index (χ3v) is 3.13. The van der Waals surface area contributed by atoms with Crippen LogP contribution in [-0.4, -0.2) is 46.1 Å². The fourth-order valence-electron chi connectivity index (χ4n) is 2.11. The van der Waals surface area contributed by atoms with Crippen molar-refractivity contribution in [3.05, 3.63) is 0 Å². The smallest absolute Gasteiger partial charge is 0.0615 e. The minimum absolute atomic E-state index is 0.455. The lowest BCUT2D eigenvalue weighted by Gasteiger charge is -2.18. The van der Waals surface area contributed by atoms with Crippen molar-refractivity contribution in [1.29, 1.82) is 0 Å². The number of rotatable bonds is 9. The molecule has 1 aliphatic heterocycles. The summed E-state index contributed by atoms with van der Waals surface area (Å²) in [6, 6.07) is 0.455. The van der Waals surface area contributed by atoms with Crippen LogP contribution in [0.4, 0.5) is 0 Å². The highest BCUT2D eigenvalue weighted by Gasteiger charge is 2.15. The van der Waals surface area contributed by atoms with Crippen LogP contribution in [0.15, 0.2) is 0 Å². The molecule has 0 amide bonds. The van der Waals surface area contributed by atoms with Gasteiger partial charge in [-0.15, -0.1) is 0 Å². The van der Waals surface area contributed by atoms with Gasteiger partial charge in [-0.05, 0) is 44.7 Å². The van der Waals surface area contributed by atoms with Crippen molar-refractivity contribution in [2.24, 2.45) is 11.7 Å². The molecule has 1 heterocycles. The van der Waals surface area contributed by atoms with Crippen LogP contribution in [0, 0.1) is 5.92 Å². The van der Waals surface area contributed by atoms with E-state index in [0.29, 0.717) is 6.04 Å². The Labute approximate surface area is 98.9 Å². The number of ether oxygens (including phenoxy) is 2. The zero-order valence-electron chi connectivity index (χ0n) is 10.4. The number of hydrogen-bond donors (Lipinski definition) is 2. The zero-order valence-corrected chi connectivity index (χ0v) is 10.4. The van der Waals surface area contributed by atoms with Gasteiger partial charge >= 0.3 is 0 Å². The highest BCUT2D eigenvalue weighted by molar-refractivity contribution is 4.70. The van der Waals surface area contributed by atoms with Gasteiger partial charge in [-0.25, -0.2) is 0 Å². The van der Waals surface area contributed by atoms with Crippen molar-refractivity contribution in [2.45, 2.75) is 31.7 Å². The minimum atomic E-state index is 0.455. The zero-order chi connectivity index (χ0) is 11.6. The molecule has 0 aromatic carbocycles. The highest BCUT2D eigenvalue weighted by Crippen LogP contribution is 2.15. The Hall–Kier alpha value is -0.160. The molecule has 2 atom stereocenters. The molecule has 16 heavy (non-hydrogen) atoms. The summed E-state index contributed by atoms with van der Waals surface area (Å²) in [6.45, 7) is 4.49. The maximum absolute atomic E-state index is 5.52. The summed E-state index contributed by atoms with van der Waals surface area (Å²) in [5.74, 6) is 0.755. The Kier molecular flexibility index (Phi) is 7.76. The summed E-state index contributed by atoms with van der Waals surface area (Å²) >= 11 is 0. The molecule has 0 saturated carbocycles. The molecule has 96 valence electrons. The molecular weight excluding hydrogens is 204 g/mol. The molecule has 0 spiro atoms. The van der Waals surface area contributed by atoms with Crippen LogP contribution in [-0.2, 0) is 9.47 Å². The lowest BCUT2D eigenvalue weighted by Crippen LogP contribution is -2.35. The Morgan fingerprint density at radius 2 is 2.44 bits per heavy atom. The SMILES string of the molecule is COCC(CCCN)NCCC1CCOC1. The van der Waals surface area contributed by atoms with Gasteiger partial charge in [0.15, 0.2) is 0 Å². The van der Waals surface area contributed by atoms with Crippen LogP contribution in [0.25, 0.3) is 0 Å². The van der Waals surface area contributed by atoms with Crippen LogP contribution in [0.5, 0.6) is 0 Å². The van der Waals surface area contributed by atoms with Crippen LogP contribution in [0.2, 0.25) is 0 Å². The average molecular weight is 230 g/mol. The monoisotopic (exact) mass is 230 g/mol. The first-order valence-corrected chi connectivity index (χ1v) is 6.37. The lowest BCUT2D eigenvalue weighted by molar-refractivity contribution is 0.159. The van der Waals surface area contributed by atoms with Gasteiger partial charge in [0.05, 0.1) is 6.61 Å². The fraction of sp³-hybridized carbons (Fsp3) is 1.00. The lowest BCUT2D eigenvalue weighted by atomic mass is 10.0. The molecule has 1 rings (SSSR count). The van der Waals surface area contributed by atoms with Gasteiger partial charge in [-0.1, -0.05) is 0 Å². The first-order valence-electron chi connectivity index (χ1n) is 6.37. The van der Waals surface area contributed by atoms with Crippen molar-refractivity contribution < 1.29 is 9.47 Å². The second-order valence-corrected chi connectivity index (χ2v) is 4.56. The van der Waals surface area contributed by atoms with E-state index in [1.807, 2.05) is 0 Å². The minimum Gasteiger partial charge on any atom is -0.383 e. The second kappa shape index (κ2) is 8.93. The van der Waals surface area contributed by atoms with Crippen LogP contribution in [0.1, 0.15) is 25.7 Å².